The van der Waals surface area contributed by atoms with E-state index < -0.39 is 0 Å². The molecule has 0 aliphatic heterocycles. The number of nitrogens with zero attached hydrogens (tertiary/aromatic N) is 3. The van der Waals surface area contributed by atoms with Crippen molar-refractivity contribution < 1.29 is 0 Å². The molecule has 0 saturated heterocycles. The smallest absolute Gasteiger partial charge is 0.0702 e. The Hall–Kier alpha value is -5.54. The average Bonchev–Trinajstić information content (AvgIpc) is 3.40. The second kappa shape index (κ2) is 9.58. The van der Waals surface area contributed by atoms with Gasteiger partial charge in [-0.3, -0.25) is 9.97 Å². The zero-order valence-corrected chi connectivity index (χ0v) is 22.3. The minimum absolute atomic E-state index is 0.984. The summed E-state index contributed by atoms with van der Waals surface area (Å²) < 4.78 is 2.42. The second-order valence-corrected chi connectivity index (χ2v) is 10.3. The van der Waals surface area contributed by atoms with E-state index in [2.05, 4.69) is 130 Å². The van der Waals surface area contributed by atoms with Crippen LogP contribution in [0.4, 0.5) is 0 Å². The molecule has 3 heterocycles. The molecule has 0 unspecified atom stereocenters. The van der Waals surface area contributed by atoms with Crippen molar-refractivity contribution >= 4 is 32.6 Å². The van der Waals surface area contributed by atoms with Gasteiger partial charge in [0, 0.05) is 46.0 Å². The molecule has 8 aromatic rings. The molecule has 3 heteroatoms. The Bertz CT molecular complexity index is 2160. The zero-order valence-electron chi connectivity index (χ0n) is 22.3. The molecule has 41 heavy (non-hydrogen) atoms. The summed E-state index contributed by atoms with van der Waals surface area (Å²) in [6.45, 7) is 0. The number of aromatic nitrogens is 3. The maximum atomic E-state index is 4.57. The lowest BCUT2D eigenvalue weighted by atomic mass is 9.99. The highest BCUT2D eigenvalue weighted by Gasteiger charge is 2.16. The zero-order chi connectivity index (χ0) is 27.2. The van der Waals surface area contributed by atoms with Crippen molar-refractivity contribution in [1.82, 2.24) is 14.5 Å². The van der Waals surface area contributed by atoms with E-state index in [0.717, 1.165) is 28.1 Å². The highest BCUT2D eigenvalue weighted by molar-refractivity contribution is 6.19. The lowest BCUT2D eigenvalue weighted by Gasteiger charge is -2.11. The number of hydrogen-bond donors (Lipinski definition) is 0. The number of fused-ring (bicyclic) bond motifs is 5. The van der Waals surface area contributed by atoms with Gasteiger partial charge < -0.3 is 4.57 Å². The van der Waals surface area contributed by atoms with Crippen LogP contribution >= 0.6 is 0 Å². The molecular formula is C38H25N3. The van der Waals surface area contributed by atoms with Crippen LogP contribution in [-0.4, -0.2) is 14.5 Å². The first-order chi connectivity index (χ1) is 20.3. The summed E-state index contributed by atoms with van der Waals surface area (Å²) in [4.78, 5) is 8.84. The Morgan fingerprint density at radius 2 is 1.20 bits per heavy atom. The van der Waals surface area contributed by atoms with Gasteiger partial charge in [0.15, 0.2) is 0 Å². The molecule has 0 radical (unpaired) electrons. The summed E-state index contributed by atoms with van der Waals surface area (Å²) in [6, 6.07) is 47.6. The highest BCUT2D eigenvalue weighted by Crippen LogP contribution is 2.39. The summed E-state index contributed by atoms with van der Waals surface area (Å²) in [5.74, 6) is 0. The van der Waals surface area contributed by atoms with Gasteiger partial charge in [-0.05, 0) is 70.1 Å². The molecule has 3 aromatic heterocycles. The molecule has 0 aliphatic rings. The van der Waals surface area contributed by atoms with E-state index in [1.165, 1.54) is 43.7 Å². The van der Waals surface area contributed by atoms with Crippen LogP contribution in [0.5, 0.6) is 0 Å². The Balaban J connectivity index is 1.34. The van der Waals surface area contributed by atoms with Crippen LogP contribution in [0.2, 0.25) is 0 Å². The van der Waals surface area contributed by atoms with E-state index in [4.69, 9.17) is 0 Å². The highest BCUT2D eigenvalue weighted by atomic mass is 15.0. The first kappa shape index (κ1) is 23.4. The van der Waals surface area contributed by atoms with Gasteiger partial charge in [-0.25, -0.2) is 0 Å². The molecule has 0 N–H and O–H groups in total. The van der Waals surface area contributed by atoms with E-state index in [-0.39, 0.29) is 0 Å². The molecular weight excluding hydrogens is 498 g/mol. The SMILES string of the molecule is c1ccc(-n2c3cc(-c4ccc(-c5cccnc5)cc4)ccc3c3ccc4cc(-c5ccccn5)ccc4c32)cc1. The van der Waals surface area contributed by atoms with Crippen molar-refractivity contribution in [3.05, 3.63) is 152 Å². The van der Waals surface area contributed by atoms with Crippen LogP contribution in [0.25, 0.3) is 71.8 Å². The summed E-state index contributed by atoms with van der Waals surface area (Å²) in [5.41, 5.74) is 10.3. The number of benzene rings is 5. The Morgan fingerprint density at radius 1 is 0.463 bits per heavy atom. The molecule has 0 aliphatic carbocycles. The van der Waals surface area contributed by atoms with Crippen LogP contribution in [0.1, 0.15) is 0 Å². The van der Waals surface area contributed by atoms with Gasteiger partial charge >= 0.3 is 0 Å². The topological polar surface area (TPSA) is 30.7 Å². The van der Waals surface area contributed by atoms with Gasteiger partial charge in [0.25, 0.3) is 0 Å². The summed E-state index contributed by atoms with van der Waals surface area (Å²) in [6.07, 6.45) is 5.56. The predicted octanol–water partition coefficient (Wildman–Crippen LogP) is 9.73. The monoisotopic (exact) mass is 523 g/mol. The molecule has 0 fully saturated rings. The molecule has 192 valence electrons. The van der Waals surface area contributed by atoms with Gasteiger partial charge in [0.1, 0.15) is 0 Å². The van der Waals surface area contributed by atoms with E-state index >= 15 is 0 Å². The molecule has 8 rings (SSSR count). The summed E-state index contributed by atoms with van der Waals surface area (Å²) >= 11 is 0. The van der Waals surface area contributed by atoms with Crippen LogP contribution in [0.3, 0.4) is 0 Å². The minimum Gasteiger partial charge on any atom is -0.309 e. The number of para-hydroxylation sites is 1. The predicted molar refractivity (Wildman–Crippen MR) is 170 cm³/mol. The van der Waals surface area contributed by atoms with Gasteiger partial charge in [-0.1, -0.05) is 91.0 Å². The fourth-order valence-electron chi connectivity index (χ4n) is 5.94. The van der Waals surface area contributed by atoms with Gasteiger partial charge in [0.2, 0.25) is 0 Å². The van der Waals surface area contributed by atoms with Crippen LogP contribution in [0.15, 0.2) is 152 Å². The molecule has 3 nitrogen and oxygen atoms in total. The molecule has 0 bridgehead atoms. The van der Waals surface area contributed by atoms with E-state index in [9.17, 15) is 0 Å². The van der Waals surface area contributed by atoms with Crippen molar-refractivity contribution in [2.24, 2.45) is 0 Å². The standard InChI is InChI=1S/C38H25N3/c1-2-8-32(9-3-1)41-37-24-28(26-11-13-27(14-12-26)31-7-6-21-39-25-31)15-19-34(37)35-20-16-29-23-30(17-18-33(29)38(35)41)36-10-4-5-22-40-36/h1-25H. The summed E-state index contributed by atoms with van der Waals surface area (Å²) in [7, 11) is 0. The lowest BCUT2D eigenvalue weighted by molar-refractivity contribution is 1.19. The van der Waals surface area contributed by atoms with Crippen LogP contribution in [0, 0.1) is 0 Å². The number of pyridine rings is 2. The molecule has 0 spiro atoms. The van der Waals surface area contributed by atoms with Crippen LogP contribution < -0.4 is 0 Å². The average molecular weight is 524 g/mol. The first-order valence-corrected chi connectivity index (χ1v) is 13.8. The quantitative estimate of drug-likeness (QED) is 0.230. The Kier molecular flexibility index (Phi) is 5.46. The third-order valence-corrected chi connectivity index (χ3v) is 7.93. The van der Waals surface area contributed by atoms with Crippen LogP contribution in [-0.2, 0) is 0 Å². The van der Waals surface area contributed by atoms with Crippen molar-refractivity contribution in [2.75, 3.05) is 0 Å². The van der Waals surface area contributed by atoms with Crippen molar-refractivity contribution in [3.63, 3.8) is 0 Å². The largest absolute Gasteiger partial charge is 0.309 e. The molecule has 5 aromatic carbocycles. The fraction of sp³-hybridized carbons (Fsp3) is 0. The third-order valence-electron chi connectivity index (χ3n) is 7.93. The molecule has 0 amide bonds. The fourth-order valence-corrected chi connectivity index (χ4v) is 5.94. The maximum Gasteiger partial charge on any atom is 0.0702 e. The van der Waals surface area contributed by atoms with E-state index in [1.54, 1.807) is 0 Å². The van der Waals surface area contributed by atoms with Crippen molar-refractivity contribution in [1.29, 1.82) is 0 Å². The molecule has 0 atom stereocenters. The van der Waals surface area contributed by atoms with E-state index in [1.807, 2.05) is 36.8 Å². The number of rotatable bonds is 4. The summed E-state index contributed by atoms with van der Waals surface area (Å²) in [5, 5.41) is 4.92. The van der Waals surface area contributed by atoms with Crippen molar-refractivity contribution in [2.45, 2.75) is 0 Å². The van der Waals surface area contributed by atoms with Gasteiger partial charge in [0.05, 0.1) is 16.7 Å². The Morgan fingerprint density at radius 3 is 1.98 bits per heavy atom. The minimum atomic E-state index is 0.984. The third kappa shape index (κ3) is 3.98. The van der Waals surface area contributed by atoms with Gasteiger partial charge in [-0.2, -0.15) is 0 Å². The maximum absolute atomic E-state index is 4.57. The normalized spacial score (nSPS) is 11.4. The van der Waals surface area contributed by atoms with Gasteiger partial charge in [-0.15, -0.1) is 0 Å². The second-order valence-electron chi connectivity index (χ2n) is 10.3. The first-order valence-electron chi connectivity index (χ1n) is 13.8. The Labute approximate surface area is 238 Å². The number of hydrogen-bond acceptors (Lipinski definition) is 2. The molecule has 0 saturated carbocycles. The van der Waals surface area contributed by atoms with E-state index in [0.29, 0.717) is 0 Å². The van der Waals surface area contributed by atoms with Crippen molar-refractivity contribution in [3.8, 4) is 39.2 Å². The lowest BCUT2D eigenvalue weighted by Crippen LogP contribution is -1.94.